The van der Waals surface area contributed by atoms with Crippen LogP contribution in [0.5, 0.6) is 11.5 Å². The molecule has 5 nitrogen and oxygen atoms in total. The fourth-order valence-electron chi connectivity index (χ4n) is 7.53. The number of pyridine rings is 1. The molecule has 3 heterocycles. The molecule has 0 saturated heterocycles. The zero-order valence-electron chi connectivity index (χ0n) is 28.5. The zero-order chi connectivity index (χ0) is 34.1. The summed E-state index contributed by atoms with van der Waals surface area (Å²) in [5, 5.41) is 2.26. The Morgan fingerprint density at radius 1 is 0.760 bits per heavy atom. The van der Waals surface area contributed by atoms with Crippen LogP contribution in [0.4, 0.5) is 0 Å². The van der Waals surface area contributed by atoms with Crippen LogP contribution in [0.2, 0.25) is 0 Å². The van der Waals surface area contributed by atoms with E-state index in [0.717, 1.165) is 40.5 Å². The molecule has 1 aliphatic rings. The fraction of sp³-hybridized carbons (Fsp3) is 0.182. The molecule has 0 N–H and O–H groups in total. The van der Waals surface area contributed by atoms with Crippen molar-refractivity contribution in [3.8, 4) is 28.4 Å². The van der Waals surface area contributed by atoms with Gasteiger partial charge in [-0.15, -0.1) is 0 Å². The summed E-state index contributed by atoms with van der Waals surface area (Å²) in [5.41, 5.74) is 10.6. The molecule has 1 atom stereocenters. The molecule has 0 aliphatic heterocycles. The Labute approximate surface area is 302 Å². The zero-order valence-corrected chi connectivity index (χ0v) is 30.7. The number of para-hydroxylation sites is 2. The Morgan fingerprint density at radius 3 is 2.34 bits per heavy atom. The number of ether oxygens (including phenoxy) is 1. The first kappa shape index (κ1) is 31.0. The van der Waals surface area contributed by atoms with Gasteiger partial charge in [-0.3, -0.25) is 0 Å². The van der Waals surface area contributed by atoms with Crippen LogP contribution in [0.1, 0.15) is 49.9 Å². The van der Waals surface area contributed by atoms with Gasteiger partial charge in [0.1, 0.15) is 0 Å². The SMILES string of the molecule is Cn1[c](=[Pt])n(C2CCc3ccc(Oc4[c-]c5c(cc4)c4cc(-c6ccccc6)ccc4n5-c4cc(C(C)(C)C)ccn4)[c-]c32)c2ccccc21. The van der Waals surface area contributed by atoms with Crippen molar-refractivity contribution in [2.45, 2.75) is 45.1 Å². The van der Waals surface area contributed by atoms with Crippen molar-refractivity contribution in [3.05, 3.63) is 148 Å². The molecule has 1 unspecified atom stereocenters. The summed E-state index contributed by atoms with van der Waals surface area (Å²) >= 11 is 2.45. The molecule has 0 fully saturated rings. The Balaban J connectivity index is 1.16. The van der Waals surface area contributed by atoms with E-state index in [9.17, 15) is 0 Å². The Kier molecular flexibility index (Phi) is 7.33. The van der Waals surface area contributed by atoms with Crippen molar-refractivity contribution in [2.24, 2.45) is 7.05 Å². The topological polar surface area (TPSA) is 36.9 Å². The Morgan fingerprint density at radius 2 is 1.52 bits per heavy atom. The monoisotopic (exact) mass is 831 g/mol. The summed E-state index contributed by atoms with van der Waals surface area (Å²) in [6.07, 6.45) is 3.97. The molecule has 0 radical (unpaired) electrons. The molecule has 0 bridgehead atoms. The van der Waals surface area contributed by atoms with Crippen LogP contribution in [0.15, 0.2) is 115 Å². The first-order chi connectivity index (χ1) is 24.2. The van der Waals surface area contributed by atoms with E-state index in [0.29, 0.717) is 11.5 Å². The van der Waals surface area contributed by atoms with Crippen molar-refractivity contribution in [1.29, 1.82) is 0 Å². The molecule has 9 rings (SSSR count). The van der Waals surface area contributed by atoms with E-state index in [2.05, 4.69) is 170 Å². The molecule has 250 valence electrons. The molecular formula is C44H36N4OPt-2. The van der Waals surface area contributed by atoms with Gasteiger partial charge in [0.05, 0.1) is 0 Å². The molecule has 1 aliphatic carbocycles. The Hall–Kier alpha value is -4.99. The summed E-state index contributed by atoms with van der Waals surface area (Å²) in [6.45, 7) is 6.71. The summed E-state index contributed by atoms with van der Waals surface area (Å²) < 4.78 is 14.8. The summed E-state index contributed by atoms with van der Waals surface area (Å²) in [4.78, 5) is 4.89. The van der Waals surface area contributed by atoms with Crippen LogP contribution < -0.4 is 4.74 Å². The quantitative estimate of drug-likeness (QED) is 0.162. The number of fused-ring (bicyclic) bond motifs is 5. The van der Waals surface area contributed by atoms with Crippen LogP contribution in [0.3, 0.4) is 0 Å². The van der Waals surface area contributed by atoms with Crippen molar-refractivity contribution >= 4 is 32.8 Å². The molecule has 0 spiro atoms. The molecular weight excluding hydrogens is 796 g/mol. The number of aryl methyl sites for hydroxylation is 2. The maximum absolute atomic E-state index is 6.62. The van der Waals surface area contributed by atoms with E-state index in [1.165, 1.54) is 42.7 Å². The second kappa shape index (κ2) is 11.8. The number of hydrogen-bond donors (Lipinski definition) is 0. The number of nitrogens with zero attached hydrogens (tertiary/aromatic N) is 4. The van der Waals surface area contributed by atoms with Crippen LogP contribution in [-0.4, -0.2) is 18.7 Å². The third kappa shape index (κ3) is 5.10. The van der Waals surface area contributed by atoms with Gasteiger partial charge < -0.3 is 0 Å². The van der Waals surface area contributed by atoms with E-state index < -0.39 is 0 Å². The van der Waals surface area contributed by atoms with Gasteiger partial charge in [0.25, 0.3) is 0 Å². The summed E-state index contributed by atoms with van der Waals surface area (Å²) in [7, 11) is 2.14. The summed E-state index contributed by atoms with van der Waals surface area (Å²) in [5.74, 6) is 2.21. The standard InChI is InChI=1S/C44H36N4O.Pt/c1-44(2,3)32-22-23-45-43(25-32)48-39-21-16-31(29-10-6-5-7-11-29)24-37(39)35-19-18-34(27-42(35)48)49-33-17-14-30-15-20-38(36(30)26-33)47-28-46(4)40-12-8-9-13-41(40)47;/h5-14,16-19,21-25,38H,15,20H2,1-4H3;/q-2;. The van der Waals surface area contributed by atoms with Crippen LogP contribution in [0, 0.1) is 15.9 Å². The first-order valence-electron chi connectivity index (χ1n) is 17.1. The third-order valence-electron chi connectivity index (χ3n) is 10.1. The average Bonchev–Trinajstić information content (AvgIpc) is 3.77. The van der Waals surface area contributed by atoms with Gasteiger partial charge in [-0.1, -0.05) is 63.2 Å². The second-order valence-electron chi connectivity index (χ2n) is 14.2. The van der Waals surface area contributed by atoms with Gasteiger partial charge in [0.15, 0.2) is 0 Å². The van der Waals surface area contributed by atoms with Crippen molar-refractivity contribution in [2.75, 3.05) is 0 Å². The molecule has 0 amide bonds. The van der Waals surface area contributed by atoms with E-state index in [-0.39, 0.29) is 11.5 Å². The molecule has 8 aromatic rings. The normalized spacial score (nSPS) is 14.6. The van der Waals surface area contributed by atoms with Crippen LogP contribution in [-0.2, 0) is 38.2 Å². The minimum absolute atomic E-state index is 0.0153. The van der Waals surface area contributed by atoms with E-state index >= 15 is 0 Å². The predicted molar refractivity (Wildman–Crippen MR) is 198 cm³/mol. The van der Waals surface area contributed by atoms with Crippen LogP contribution >= 0.6 is 0 Å². The molecule has 50 heavy (non-hydrogen) atoms. The van der Waals surface area contributed by atoms with Crippen LogP contribution in [0.25, 0.3) is 49.8 Å². The molecule has 0 saturated carbocycles. The van der Waals surface area contributed by atoms with Crippen molar-refractivity contribution < 1.29 is 24.1 Å². The van der Waals surface area contributed by atoms with E-state index in [4.69, 9.17) is 9.72 Å². The number of hydrogen-bond acceptors (Lipinski definition) is 2. The average molecular weight is 832 g/mol. The summed E-state index contributed by atoms with van der Waals surface area (Å²) in [6, 6.07) is 46.2. The van der Waals surface area contributed by atoms with Gasteiger partial charge in [-0.2, -0.15) is 0 Å². The number of benzene rings is 5. The van der Waals surface area contributed by atoms with E-state index in [1.54, 1.807) is 0 Å². The van der Waals surface area contributed by atoms with Gasteiger partial charge in [-0.05, 0) is 40.3 Å². The Bertz CT molecular complexity index is 2660. The maximum atomic E-state index is 6.62. The molecule has 5 aromatic carbocycles. The molecule has 3 aromatic heterocycles. The van der Waals surface area contributed by atoms with Gasteiger partial charge in [-0.25, -0.2) is 4.98 Å². The number of imidazole rings is 1. The second-order valence-corrected chi connectivity index (χ2v) is 15.3. The van der Waals surface area contributed by atoms with E-state index in [1.807, 2.05) is 18.3 Å². The fourth-order valence-corrected chi connectivity index (χ4v) is 8.43. The van der Waals surface area contributed by atoms with Gasteiger partial charge >= 0.3 is 189 Å². The third-order valence-corrected chi connectivity index (χ3v) is 11.4. The number of aromatic nitrogens is 4. The van der Waals surface area contributed by atoms with Gasteiger partial charge in [0, 0.05) is 6.20 Å². The minimum atomic E-state index is -0.0153. The number of rotatable bonds is 5. The van der Waals surface area contributed by atoms with Gasteiger partial charge in [0.2, 0.25) is 0 Å². The van der Waals surface area contributed by atoms with Crippen molar-refractivity contribution in [1.82, 2.24) is 18.7 Å². The first-order valence-corrected chi connectivity index (χ1v) is 18.3. The predicted octanol–water partition coefficient (Wildman–Crippen LogP) is 10.4. The molecule has 6 heteroatoms. The van der Waals surface area contributed by atoms with Crippen molar-refractivity contribution in [3.63, 3.8) is 0 Å².